The highest BCUT2D eigenvalue weighted by Crippen LogP contribution is 2.48. The van der Waals surface area contributed by atoms with E-state index >= 15 is 0 Å². The molecule has 1 heterocycles. The van der Waals surface area contributed by atoms with Crippen LogP contribution in [0.4, 0.5) is 10.1 Å². The Bertz CT molecular complexity index is 877. The van der Waals surface area contributed by atoms with Gasteiger partial charge in [0.1, 0.15) is 12.1 Å². The Labute approximate surface area is 138 Å². The molecule has 4 rings (SSSR count). The maximum Gasteiger partial charge on any atom is 0.228 e. The van der Waals surface area contributed by atoms with Gasteiger partial charge in [0.05, 0.1) is 6.20 Å². The number of anilines is 1. The Morgan fingerprint density at radius 2 is 2.08 bits per heavy atom. The lowest BCUT2D eigenvalue weighted by atomic mass is 10.1. The van der Waals surface area contributed by atoms with Crippen molar-refractivity contribution in [2.24, 2.45) is 5.92 Å². The molecule has 0 radical (unpaired) electrons. The van der Waals surface area contributed by atoms with E-state index in [2.05, 4.69) is 10.3 Å². The number of hydrogen-bond acceptors (Lipinski definition) is 3. The molecule has 1 aliphatic rings. The molecule has 1 aliphatic carbocycles. The fourth-order valence-corrected chi connectivity index (χ4v) is 2.92. The van der Waals surface area contributed by atoms with Crippen molar-refractivity contribution in [1.82, 2.24) is 4.98 Å². The summed E-state index contributed by atoms with van der Waals surface area (Å²) in [5, 5.41) is 2.92. The summed E-state index contributed by atoms with van der Waals surface area (Å²) in [4.78, 5) is 16.5. The molecule has 120 valence electrons. The van der Waals surface area contributed by atoms with E-state index < -0.39 is 0 Å². The van der Waals surface area contributed by atoms with Crippen LogP contribution in [-0.4, -0.2) is 10.9 Å². The molecular formula is C19H15FN2O2. The van der Waals surface area contributed by atoms with E-state index in [1.54, 1.807) is 12.3 Å². The van der Waals surface area contributed by atoms with Gasteiger partial charge in [0.15, 0.2) is 0 Å². The highest BCUT2D eigenvalue weighted by Gasteiger charge is 2.44. The van der Waals surface area contributed by atoms with Gasteiger partial charge in [0, 0.05) is 17.2 Å². The summed E-state index contributed by atoms with van der Waals surface area (Å²) in [6, 6.07) is 13.8. The maximum atomic E-state index is 13.3. The Kier molecular flexibility index (Phi) is 3.61. The van der Waals surface area contributed by atoms with E-state index in [-0.39, 0.29) is 23.6 Å². The first-order valence-corrected chi connectivity index (χ1v) is 7.77. The van der Waals surface area contributed by atoms with Crippen LogP contribution in [0.25, 0.3) is 11.5 Å². The summed E-state index contributed by atoms with van der Waals surface area (Å²) in [5.74, 6) is 0.175. The van der Waals surface area contributed by atoms with Crippen LogP contribution in [0.15, 0.2) is 65.4 Å². The highest BCUT2D eigenvalue weighted by atomic mass is 19.1. The van der Waals surface area contributed by atoms with E-state index in [4.69, 9.17) is 4.42 Å². The summed E-state index contributed by atoms with van der Waals surface area (Å²) in [7, 11) is 0. The zero-order chi connectivity index (χ0) is 16.5. The number of halogens is 1. The second-order valence-electron chi connectivity index (χ2n) is 5.91. The topological polar surface area (TPSA) is 55.1 Å². The normalized spacial score (nSPS) is 19.0. The van der Waals surface area contributed by atoms with E-state index in [1.165, 1.54) is 18.4 Å². The maximum absolute atomic E-state index is 13.3. The number of nitrogens with zero attached hydrogens (tertiary/aromatic N) is 1. The number of carbonyl (C=O) groups excluding carboxylic acids is 1. The minimum atomic E-state index is -0.266. The number of hydrogen-bond donors (Lipinski definition) is 1. The number of amides is 1. The second-order valence-corrected chi connectivity index (χ2v) is 5.91. The van der Waals surface area contributed by atoms with E-state index in [0.717, 1.165) is 17.5 Å². The van der Waals surface area contributed by atoms with Crippen molar-refractivity contribution in [3.05, 3.63) is 72.4 Å². The van der Waals surface area contributed by atoms with Crippen molar-refractivity contribution in [3.8, 4) is 11.5 Å². The van der Waals surface area contributed by atoms with Gasteiger partial charge in [-0.15, -0.1) is 0 Å². The molecule has 0 aliphatic heterocycles. The van der Waals surface area contributed by atoms with Crippen LogP contribution in [0.1, 0.15) is 17.9 Å². The molecule has 0 bridgehead atoms. The van der Waals surface area contributed by atoms with Gasteiger partial charge in [-0.2, -0.15) is 0 Å². The number of carbonyl (C=O) groups is 1. The van der Waals surface area contributed by atoms with Gasteiger partial charge < -0.3 is 9.73 Å². The first-order chi connectivity index (χ1) is 11.7. The summed E-state index contributed by atoms with van der Waals surface area (Å²) in [6.07, 6.45) is 3.83. The predicted molar refractivity (Wildman–Crippen MR) is 87.8 cm³/mol. The monoisotopic (exact) mass is 322 g/mol. The van der Waals surface area contributed by atoms with Crippen LogP contribution in [0, 0.1) is 11.7 Å². The first-order valence-electron chi connectivity index (χ1n) is 7.77. The average Bonchev–Trinajstić information content (AvgIpc) is 3.21. The van der Waals surface area contributed by atoms with Crippen LogP contribution in [0.3, 0.4) is 0 Å². The largest absolute Gasteiger partial charge is 0.445 e. The zero-order valence-corrected chi connectivity index (χ0v) is 12.8. The average molecular weight is 322 g/mol. The minimum Gasteiger partial charge on any atom is -0.445 e. The van der Waals surface area contributed by atoms with Gasteiger partial charge in [-0.25, -0.2) is 9.37 Å². The standard InChI is InChI=1S/C19H15FN2O2/c20-14-5-1-3-12(9-14)16-11-17(16)18(23)22-15-6-2-4-13(10-15)19-21-7-8-24-19/h1-10,16-17H,11H2,(H,22,23)/t16-,17-/m1/s1. The van der Waals surface area contributed by atoms with Crippen molar-refractivity contribution >= 4 is 11.6 Å². The number of oxazole rings is 1. The SMILES string of the molecule is O=C(Nc1cccc(-c2ncco2)c1)[C@@H]1C[C@@H]1c1cccc(F)c1. The quantitative estimate of drug-likeness (QED) is 0.782. The Morgan fingerprint density at radius 3 is 2.88 bits per heavy atom. The molecule has 0 unspecified atom stereocenters. The van der Waals surface area contributed by atoms with E-state index in [9.17, 15) is 9.18 Å². The van der Waals surface area contributed by atoms with Crippen molar-refractivity contribution in [3.63, 3.8) is 0 Å². The molecular weight excluding hydrogens is 307 g/mol. The van der Waals surface area contributed by atoms with E-state index in [1.807, 2.05) is 30.3 Å². The lowest BCUT2D eigenvalue weighted by Crippen LogP contribution is -2.14. The van der Waals surface area contributed by atoms with Gasteiger partial charge in [0.25, 0.3) is 0 Å². The molecule has 1 amide bonds. The molecule has 1 N–H and O–H groups in total. The van der Waals surface area contributed by atoms with Gasteiger partial charge >= 0.3 is 0 Å². The van der Waals surface area contributed by atoms with Crippen LogP contribution >= 0.6 is 0 Å². The number of aromatic nitrogens is 1. The molecule has 4 nitrogen and oxygen atoms in total. The third kappa shape index (κ3) is 2.93. The molecule has 0 spiro atoms. The molecule has 2 atom stereocenters. The molecule has 1 fully saturated rings. The van der Waals surface area contributed by atoms with Crippen LogP contribution < -0.4 is 5.32 Å². The molecule has 5 heteroatoms. The van der Waals surface area contributed by atoms with Crippen LogP contribution in [-0.2, 0) is 4.79 Å². The van der Waals surface area contributed by atoms with E-state index in [0.29, 0.717) is 11.6 Å². The van der Waals surface area contributed by atoms with Crippen molar-refractivity contribution in [2.75, 3.05) is 5.32 Å². The number of nitrogens with one attached hydrogen (secondary N) is 1. The summed E-state index contributed by atoms with van der Waals surface area (Å²) < 4.78 is 18.6. The Hall–Kier alpha value is -2.95. The third-order valence-electron chi connectivity index (χ3n) is 4.21. The predicted octanol–water partition coefficient (Wildman–Crippen LogP) is 4.22. The Balaban J connectivity index is 1.45. The summed E-state index contributed by atoms with van der Waals surface area (Å²) in [5.41, 5.74) is 2.37. The molecule has 24 heavy (non-hydrogen) atoms. The third-order valence-corrected chi connectivity index (χ3v) is 4.21. The molecule has 2 aromatic carbocycles. The van der Waals surface area contributed by atoms with Crippen molar-refractivity contribution in [2.45, 2.75) is 12.3 Å². The lowest BCUT2D eigenvalue weighted by Gasteiger charge is -2.06. The van der Waals surface area contributed by atoms with Gasteiger partial charge in [-0.05, 0) is 48.2 Å². The molecule has 1 aromatic heterocycles. The van der Waals surface area contributed by atoms with Crippen LogP contribution in [0.5, 0.6) is 0 Å². The lowest BCUT2D eigenvalue weighted by molar-refractivity contribution is -0.117. The second kappa shape index (κ2) is 5.92. The summed E-state index contributed by atoms with van der Waals surface area (Å²) >= 11 is 0. The number of rotatable bonds is 4. The molecule has 0 saturated heterocycles. The Morgan fingerprint density at radius 1 is 1.21 bits per heavy atom. The summed E-state index contributed by atoms with van der Waals surface area (Å²) in [6.45, 7) is 0. The fraction of sp³-hybridized carbons (Fsp3) is 0.158. The smallest absolute Gasteiger partial charge is 0.228 e. The first kappa shape index (κ1) is 14.6. The van der Waals surface area contributed by atoms with Gasteiger partial charge in [0.2, 0.25) is 11.8 Å². The van der Waals surface area contributed by atoms with Crippen molar-refractivity contribution < 1.29 is 13.6 Å². The fourth-order valence-electron chi connectivity index (χ4n) is 2.92. The minimum absolute atomic E-state index is 0.0474. The number of benzene rings is 2. The highest BCUT2D eigenvalue weighted by molar-refractivity contribution is 5.95. The van der Waals surface area contributed by atoms with Crippen molar-refractivity contribution in [1.29, 1.82) is 0 Å². The van der Waals surface area contributed by atoms with Gasteiger partial charge in [-0.3, -0.25) is 4.79 Å². The van der Waals surface area contributed by atoms with Gasteiger partial charge in [-0.1, -0.05) is 18.2 Å². The van der Waals surface area contributed by atoms with Crippen LogP contribution in [0.2, 0.25) is 0 Å². The zero-order valence-electron chi connectivity index (χ0n) is 12.8. The molecule has 1 saturated carbocycles. The molecule has 3 aromatic rings.